The van der Waals surface area contributed by atoms with Gasteiger partial charge in [0.05, 0.1) is 16.9 Å². The van der Waals surface area contributed by atoms with Crippen LogP contribution in [-0.4, -0.2) is 41.7 Å². The second-order valence-electron chi connectivity index (χ2n) is 5.42. The van der Waals surface area contributed by atoms with E-state index in [2.05, 4.69) is 9.46 Å². The Morgan fingerprint density at radius 2 is 1.61 bits per heavy atom. The van der Waals surface area contributed by atoms with Gasteiger partial charge in [0.1, 0.15) is 5.54 Å². The fourth-order valence-electron chi connectivity index (χ4n) is 2.14. The first-order valence-corrected chi connectivity index (χ1v) is 10.3. The molecule has 0 heterocycles. The van der Waals surface area contributed by atoms with Crippen LogP contribution in [-0.2, 0) is 29.4 Å². The quantitative estimate of drug-likeness (QED) is 0.727. The molecule has 1 aromatic rings. The average molecular weight is 363 g/mol. The molecule has 0 aliphatic rings. The van der Waals surface area contributed by atoms with E-state index in [4.69, 9.17) is 0 Å². The molecule has 0 radical (unpaired) electrons. The van der Waals surface area contributed by atoms with E-state index in [9.17, 15) is 21.6 Å². The van der Waals surface area contributed by atoms with Gasteiger partial charge in [0.25, 0.3) is 0 Å². The Morgan fingerprint density at radius 1 is 1.13 bits per heavy atom. The second kappa shape index (κ2) is 6.98. The van der Waals surface area contributed by atoms with Gasteiger partial charge in [-0.15, -0.1) is 0 Å². The Morgan fingerprint density at radius 3 is 2.00 bits per heavy atom. The summed E-state index contributed by atoms with van der Waals surface area (Å²) >= 11 is 0. The summed E-state index contributed by atoms with van der Waals surface area (Å²) in [7, 11) is -6.23. The van der Waals surface area contributed by atoms with Crippen molar-refractivity contribution in [2.45, 2.75) is 42.0 Å². The van der Waals surface area contributed by atoms with E-state index in [-0.39, 0.29) is 16.2 Å². The second-order valence-corrected chi connectivity index (χ2v) is 9.12. The van der Waals surface area contributed by atoms with Crippen LogP contribution in [0.5, 0.6) is 0 Å². The standard InChI is InChI=1S/C14H21NO6S2/c1-5-10-14(2,13(16)21-3)15-23(19,20)12-8-6-11(7-9-12)22(4,17)18/h6-9,15H,5,10H2,1-4H3. The Bertz CT molecular complexity index is 768. The zero-order valence-corrected chi connectivity index (χ0v) is 15.1. The molecular formula is C14H21NO6S2. The summed E-state index contributed by atoms with van der Waals surface area (Å²) in [6, 6.07) is 4.78. The van der Waals surface area contributed by atoms with Crippen molar-refractivity contribution in [3.8, 4) is 0 Å². The van der Waals surface area contributed by atoms with Gasteiger partial charge in [-0.1, -0.05) is 13.3 Å². The van der Waals surface area contributed by atoms with Crippen molar-refractivity contribution in [3.05, 3.63) is 24.3 Å². The molecule has 0 spiro atoms. The van der Waals surface area contributed by atoms with Gasteiger partial charge >= 0.3 is 5.97 Å². The molecule has 0 saturated carbocycles. The number of sulfone groups is 1. The zero-order valence-electron chi connectivity index (χ0n) is 13.5. The lowest BCUT2D eigenvalue weighted by atomic mass is 9.98. The third-order valence-electron chi connectivity index (χ3n) is 3.31. The van der Waals surface area contributed by atoms with Gasteiger partial charge in [-0.25, -0.2) is 16.8 Å². The lowest BCUT2D eigenvalue weighted by molar-refractivity contribution is -0.147. The van der Waals surface area contributed by atoms with Crippen molar-refractivity contribution < 1.29 is 26.4 Å². The van der Waals surface area contributed by atoms with Crippen molar-refractivity contribution in [1.82, 2.24) is 4.72 Å². The lowest BCUT2D eigenvalue weighted by Gasteiger charge is -2.27. The monoisotopic (exact) mass is 363 g/mol. The van der Waals surface area contributed by atoms with Gasteiger partial charge in [0.15, 0.2) is 9.84 Å². The highest BCUT2D eigenvalue weighted by molar-refractivity contribution is 7.90. The number of hydrogen-bond acceptors (Lipinski definition) is 6. The zero-order chi connectivity index (χ0) is 17.9. The van der Waals surface area contributed by atoms with Gasteiger partial charge in [0.2, 0.25) is 10.0 Å². The van der Waals surface area contributed by atoms with Gasteiger partial charge in [-0.2, -0.15) is 4.72 Å². The van der Waals surface area contributed by atoms with Gasteiger partial charge in [-0.05, 0) is 37.6 Å². The molecule has 1 unspecified atom stereocenters. The Balaban J connectivity index is 3.18. The highest BCUT2D eigenvalue weighted by Crippen LogP contribution is 2.20. The van der Waals surface area contributed by atoms with Crippen molar-refractivity contribution >= 4 is 25.8 Å². The number of hydrogen-bond donors (Lipinski definition) is 1. The molecule has 0 bridgehead atoms. The molecule has 130 valence electrons. The van der Waals surface area contributed by atoms with Gasteiger partial charge < -0.3 is 4.74 Å². The number of sulfonamides is 1. The Kier molecular flexibility index (Phi) is 5.95. The largest absolute Gasteiger partial charge is 0.468 e. The molecule has 1 atom stereocenters. The minimum Gasteiger partial charge on any atom is -0.468 e. The van der Waals surface area contributed by atoms with Crippen LogP contribution in [0.25, 0.3) is 0 Å². The molecule has 0 amide bonds. The minimum absolute atomic E-state index is 0.0146. The van der Waals surface area contributed by atoms with E-state index in [1.807, 2.05) is 6.92 Å². The number of ether oxygens (including phenoxy) is 1. The number of esters is 1. The van der Waals surface area contributed by atoms with E-state index in [1.165, 1.54) is 38.3 Å². The minimum atomic E-state index is -4.00. The van der Waals surface area contributed by atoms with Crippen LogP contribution in [0.3, 0.4) is 0 Å². The number of benzene rings is 1. The molecule has 23 heavy (non-hydrogen) atoms. The predicted molar refractivity (Wildman–Crippen MR) is 85.2 cm³/mol. The Labute approximate surface area is 137 Å². The van der Waals surface area contributed by atoms with E-state index >= 15 is 0 Å². The van der Waals surface area contributed by atoms with Crippen LogP contribution < -0.4 is 4.72 Å². The molecule has 1 N–H and O–H groups in total. The molecule has 0 aromatic heterocycles. The molecule has 1 aromatic carbocycles. The molecule has 9 heteroatoms. The van der Waals surface area contributed by atoms with Crippen LogP contribution in [0.15, 0.2) is 34.1 Å². The van der Waals surface area contributed by atoms with Gasteiger partial charge in [0, 0.05) is 6.26 Å². The summed E-state index contributed by atoms with van der Waals surface area (Å²) in [6.45, 7) is 3.27. The van der Waals surface area contributed by atoms with Crippen molar-refractivity contribution in [2.24, 2.45) is 0 Å². The fourth-order valence-corrected chi connectivity index (χ4v) is 4.16. The lowest BCUT2D eigenvalue weighted by Crippen LogP contribution is -2.52. The number of nitrogens with one attached hydrogen (secondary N) is 1. The van der Waals surface area contributed by atoms with Crippen LogP contribution in [0.2, 0.25) is 0 Å². The molecule has 1 rings (SSSR count). The maximum Gasteiger partial charge on any atom is 0.326 e. The first kappa shape index (κ1) is 19.6. The number of methoxy groups -OCH3 is 1. The van der Waals surface area contributed by atoms with Crippen LogP contribution in [0.1, 0.15) is 26.7 Å². The number of carbonyl (C=O) groups excluding carboxylic acids is 1. The fraction of sp³-hybridized carbons (Fsp3) is 0.500. The van der Waals surface area contributed by atoms with E-state index in [0.717, 1.165) is 6.26 Å². The highest BCUT2D eigenvalue weighted by atomic mass is 32.2. The van der Waals surface area contributed by atoms with Crippen LogP contribution in [0.4, 0.5) is 0 Å². The molecule has 0 fully saturated rings. The summed E-state index contributed by atoms with van der Waals surface area (Å²) in [5.41, 5.74) is -1.39. The van der Waals surface area contributed by atoms with Crippen molar-refractivity contribution in [3.63, 3.8) is 0 Å². The number of carbonyl (C=O) groups is 1. The molecule has 7 nitrogen and oxygen atoms in total. The first-order valence-electron chi connectivity index (χ1n) is 6.89. The van der Waals surface area contributed by atoms with Crippen LogP contribution in [0, 0.1) is 0 Å². The SMILES string of the molecule is CCCC(C)(NS(=O)(=O)c1ccc(S(C)(=O)=O)cc1)C(=O)OC. The maximum atomic E-state index is 12.4. The maximum absolute atomic E-state index is 12.4. The third-order valence-corrected chi connectivity index (χ3v) is 6.05. The predicted octanol–water partition coefficient (Wildman–Crippen LogP) is 1.10. The number of rotatable bonds is 7. The molecule has 0 saturated heterocycles. The van der Waals surface area contributed by atoms with Gasteiger partial charge in [-0.3, -0.25) is 4.79 Å². The van der Waals surface area contributed by atoms with Crippen LogP contribution >= 0.6 is 0 Å². The van der Waals surface area contributed by atoms with Crippen molar-refractivity contribution in [2.75, 3.05) is 13.4 Å². The highest BCUT2D eigenvalue weighted by Gasteiger charge is 2.38. The first-order chi connectivity index (χ1) is 10.5. The normalized spacial score (nSPS) is 15.0. The van der Waals surface area contributed by atoms with Crippen molar-refractivity contribution in [1.29, 1.82) is 0 Å². The van der Waals surface area contributed by atoms with E-state index in [0.29, 0.717) is 6.42 Å². The molecule has 0 aliphatic carbocycles. The summed E-state index contributed by atoms with van der Waals surface area (Å²) in [5.74, 6) is -0.685. The molecular weight excluding hydrogens is 342 g/mol. The summed E-state index contributed by atoms with van der Waals surface area (Å²) < 4.78 is 54.7. The van der Waals surface area contributed by atoms with E-state index in [1.54, 1.807) is 0 Å². The third kappa shape index (κ3) is 4.76. The topological polar surface area (TPSA) is 107 Å². The smallest absolute Gasteiger partial charge is 0.326 e. The summed E-state index contributed by atoms with van der Waals surface area (Å²) in [5, 5.41) is 0. The Hall–Kier alpha value is -1.45. The summed E-state index contributed by atoms with van der Waals surface area (Å²) in [6.07, 6.45) is 1.87. The summed E-state index contributed by atoms with van der Waals surface area (Å²) in [4.78, 5) is 11.8. The van der Waals surface area contributed by atoms with E-state index < -0.39 is 31.4 Å². The molecule has 0 aliphatic heterocycles. The average Bonchev–Trinajstić information content (AvgIpc) is 2.45.